The molecule has 0 aliphatic rings. The number of hydrogen-bond acceptors (Lipinski definition) is 3. The highest BCUT2D eigenvalue weighted by Gasteiger charge is 2.04. The first-order chi connectivity index (χ1) is 12.3. The minimum Gasteiger partial charge on any atom is -0.478 e. The molecule has 0 aliphatic heterocycles. The molecule has 6 heteroatoms. The summed E-state index contributed by atoms with van der Waals surface area (Å²) >= 11 is 0. The Hall–Kier alpha value is -2.50. The van der Waals surface area contributed by atoms with Gasteiger partial charge in [0.2, 0.25) is 0 Å². The quantitative estimate of drug-likeness (QED) is 0.358. The molecule has 0 saturated carbocycles. The number of hydrogen-bond donors (Lipinski definition) is 1. The molecule has 1 aromatic rings. The molecule has 0 amide bonds. The minimum absolute atomic E-state index is 0.209. The van der Waals surface area contributed by atoms with Crippen molar-refractivity contribution in [3.05, 3.63) is 53.9 Å². The molecule has 1 N–H and O–H groups in total. The van der Waals surface area contributed by atoms with Crippen LogP contribution in [-0.2, 0) is 0 Å². The number of carboxylic acid groups (broad SMARTS) is 1. The number of halogens is 1. The summed E-state index contributed by atoms with van der Waals surface area (Å²) in [5.41, 5.74) is 0.909. The Morgan fingerprint density at radius 2 is 1.73 bits per heavy atom. The standard InChI is InChI=1S/C14H18FN3O2.C4H8.C2H6/c1-4-12(15)9-10(2)16-17-18(3)13-7-5-11(6-8-13)14(19)20;1-3-4-2;1-2/h5-10H,4H2,1-3H3,(H,19,20);3-4H,1-2H3;1-2H3/b12-9-,17-16?;4-3-;. The Bertz CT molecular complexity index is 577. The zero-order valence-corrected chi connectivity index (χ0v) is 16.9. The molecule has 0 radical (unpaired) electrons. The molecule has 0 saturated heterocycles. The molecule has 5 nitrogen and oxygen atoms in total. The van der Waals surface area contributed by atoms with Gasteiger partial charge >= 0.3 is 5.97 Å². The van der Waals surface area contributed by atoms with Gasteiger partial charge in [0.15, 0.2) is 0 Å². The maximum atomic E-state index is 13.0. The first-order valence-corrected chi connectivity index (χ1v) is 8.77. The van der Waals surface area contributed by atoms with E-state index in [9.17, 15) is 9.18 Å². The molecule has 0 aromatic heterocycles. The summed E-state index contributed by atoms with van der Waals surface area (Å²) < 4.78 is 13.0. The first-order valence-electron chi connectivity index (χ1n) is 8.77. The predicted octanol–water partition coefficient (Wildman–Crippen LogP) is 6.45. The maximum absolute atomic E-state index is 13.0. The van der Waals surface area contributed by atoms with Gasteiger partial charge in [0.05, 0.1) is 23.1 Å². The Morgan fingerprint density at radius 1 is 1.23 bits per heavy atom. The third kappa shape index (κ3) is 11.9. The number of anilines is 1. The number of aromatic carboxylic acids is 1. The average molecular weight is 365 g/mol. The molecule has 0 heterocycles. The molecule has 1 aromatic carbocycles. The zero-order valence-electron chi connectivity index (χ0n) is 16.9. The fraction of sp³-hybridized carbons (Fsp3) is 0.450. The van der Waals surface area contributed by atoms with Gasteiger partial charge < -0.3 is 5.11 Å². The fourth-order valence-corrected chi connectivity index (χ4v) is 1.44. The van der Waals surface area contributed by atoms with E-state index in [4.69, 9.17) is 5.11 Å². The van der Waals surface area contributed by atoms with E-state index in [1.807, 2.05) is 39.8 Å². The Balaban J connectivity index is 0. The van der Waals surface area contributed by atoms with Gasteiger partial charge in [-0.2, -0.15) is 5.11 Å². The van der Waals surface area contributed by atoms with Crippen molar-refractivity contribution in [1.82, 2.24) is 0 Å². The third-order valence-corrected chi connectivity index (χ3v) is 2.95. The van der Waals surface area contributed by atoms with Gasteiger partial charge in [0, 0.05) is 7.05 Å². The van der Waals surface area contributed by atoms with E-state index in [2.05, 4.69) is 10.3 Å². The molecule has 146 valence electrons. The monoisotopic (exact) mass is 365 g/mol. The molecule has 1 rings (SSSR count). The van der Waals surface area contributed by atoms with Gasteiger partial charge in [-0.25, -0.2) is 9.18 Å². The highest BCUT2D eigenvalue weighted by atomic mass is 19.1. The van der Waals surface area contributed by atoms with Gasteiger partial charge in [-0.15, -0.1) is 0 Å². The van der Waals surface area contributed by atoms with Crippen LogP contribution in [0.4, 0.5) is 10.1 Å². The highest BCUT2D eigenvalue weighted by molar-refractivity contribution is 5.88. The number of benzene rings is 1. The lowest BCUT2D eigenvalue weighted by atomic mass is 10.2. The topological polar surface area (TPSA) is 65.3 Å². The van der Waals surface area contributed by atoms with Crippen molar-refractivity contribution < 1.29 is 14.3 Å². The van der Waals surface area contributed by atoms with Crippen molar-refractivity contribution in [3.63, 3.8) is 0 Å². The van der Waals surface area contributed by atoms with E-state index >= 15 is 0 Å². The molecular formula is C20H32FN3O2. The van der Waals surface area contributed by atoms with E-state index in [0.29, 0.717) is 12.1 Å². The average Bonchev–Trinajstić information content (AvgIpc) is 2.67. The van der Waals surface area contributed by atoms with Crippen LogP contribution in [0.25, 0.3) is 0 Å². The van der Waals surface area contributed by atoms with Crippen LogP contribution < -0.4 is 5.01 Å². The number of allylic oxidation sites excluding steroid dienone is 3. The summed E-state index contributed by atoms with van der Waals surface area (Å²) in [4.78, 5) is 10.7. The van der Waals surface area contributed by atoms with Crippen molar-refractivity contribution >= 4 is 11.7 Å². The number of carbonyl (C=O) groups is 1. The second-order valence-electron chi connectivity index (χ2n) is 4.95. The van der Waals surface area contributed by atoms with Crippen LogP contribution >= 0.6 is 0 Å². The lowest BCUT2D eigenvalue weighted by Gasteiger charge is -2.12. The van der Waals surface area contributed by atoms with Gasteiger partial charge in [-0.05, 0) is 57.5 Å². The normalized spacial score (nSPS) is 12.1. The zero-order chi connectivity index (χ0) is 20.5. The molecule has 0 fully saturated rings. The number of carboxylic acids is 1. The first kappa shape index (κ1) is 25.7. The molecule has 1 atom stereocenters. The largest absolute Gasteiger partial charge is 0.478 e. The summed E-state index contributed by atoms with van der Waals surface area (Å²) in [6, 6.07) is 5.90. The summed E-state index contributed by atoms with van der Waals surface area (Å²) in [6.45, 7) is 11.5. The van der Waals surface area contributed by atoms with Crippen molar-refractivity contribution in [1.29, 1.82) is 0 Å². The van der Waals surface area contributed by atoms with Crippen LogP contribution in [0.1, 0.15) is 58.3 Å². The number of nitrogens with zero attached hydrogens (tertiary/aromatic N) is 3. The molecule has 0 bridgehead atoms. The van der Waals surface area contributed by atoms with Crippen LogP contribution in [0, 0.1) is 0 Å². The van der Waals surface area contributed by atoms with E-state index in [1.165, 1.54) is 23.2 Å². The van der Waals surface area contributed by atoms with E-state index in [1.54, 1.807) is 33.0 Å². The fourth-order valence-electron chi connectivity index (χ4n) is 1.44. The second-order valence-corrected chi connectivity index (χ2v) is 4.95. The molecule has 0 spiro atoms. The van der Waals surface area contributed by atoms with E-state index in [-0.39, 0.29) is 17.4 Å². The minimum atomic E-state index is -0.977. The molecule has 26 heavy (non-hydrogen) atoms. The van der Waals surface area contributed by atoms with Gasteiger partial charge in [0.25, 0.3) is 0 Å². The lowest BCUT2D eigenvalue weighted by Crippen LogP contribution is -2.09. The second kappa shape index (κ2) is 16.0. The maximum Gasteiger partial charge on any atom is 0.335 e. The molecular weight excluding hydrogens is 333 g/mol. The Labute approximate surface area is 156 Å². The molecule has 1 unspecified atom stereocenters. The summed E-state index contributed by atoms with van der Waals surface area (Å²) in [5, 5.41) is 18.2. The Morgan fingerprint density at radius 3 is 2.12 bits per heavy atom. The highest BCUT2D eigenvalue weighted by Crippen LogP contribution is 2.15. The Kier molecular flexibility index (Phi) is 15.8. The predicted molar refractivity (Wildman–Crippen MR) is 107 cm³/mol. The van der Waals surface area contributed by atoms with Crippen LogP contribution in [-0.4, -0.2) is 24.2 Å². The van der Waals surface area contributed by atoms with Crippen molar-refractivity contribution in [2.24, 2.45) is 10.3 Å². The van der Waals surface area contributed by atoms with Gasteiger partial charge in [-0.3, -0.25) is 5.01 Å². The van der Waals surface area contributed by atoms with Crippen LogP contribution in [0.15, 0.2) is 58.7 Å². The van der Waals surface area contributed by atoms with Crippen molar-refractivity contribution in [2.75, 3.05) is 12.1 Å². The van der Waals surface area contributed by atoms with E-state index in [0.717, 1.165) is 0 Å². The summed E-state index contributed by atoms with van der Waals surface area (Å²) in [6.07, 6.45) is 5.75. The van der Waals surface area contributed by atoms with Crippen molar-refractivity contribution in [3.8, 4) is 0 Å². The third-order valence-electron chi connectivity index (χ3n) is 2.95. The SMILES string of the molecule is C/C=C\C.CC.CC/C(F)=C/C(C)N=NN(C)c1ccc(C(=O)O)cc1. The van der Waals surface area contributed by atoms with Gasteiger partial charge in [-0.1, -0.05) is 38.1 Å². The number of rotatable bonds is 6. The smallest absolute Gasteiger partial charge is 0.335 e. The van der Waals surface area contributed by atoms with E-state index < -0.39 is 5.97 Å². The summed E-state index contributed by atoms with van der Waals surface area (Å²) in [7, 11) is 1.69. The summed E-state index contributed by atoms with van der Waals surface area (Å²) in [5.74, 6) is -1.19. The van der Waals surface area contributed by atoms with Crippen LogP contribution in [0.2, 0.25) is 0 Å². The van der Waals surface area contributed by atoms with Crippen LogP contribution in [0.3, 0.4) is 0 Å². The lowest BCUT2D eigenvalue weighted by molar-refractivity contribution is 0.0697. The van der Waals surface area contributed by atoms with Crippen molar-refractivity contribution in [2.45, 2.75) is 54.0 Å². The van der Waals surface area contributed by atoms with Gasteiger partial charge in [0.1, 0.15) is 0 Å². The van der Waals surface area contributed by atoms with Crippen LogP contribution in [0.5, 0.6) is 0 Å². The molecule has 0 aliphatic carbocycles.